The molecule has 0 saturated carbocycles. The third-order valence-electron chi connectivity index (χ3n) is 4.95. The van der Waals surface area contributed by atoms with Gasteiger partial charge in [0.2, 0.25) is 11.8 Å². The Morgan fingerprint density at radius 2 is 1.86 bits per heavy atom. The molecule has 0 spiro atoms. The van der Waals surface area contributed by atoms with Crippen molar-refractivity contribution in [3.8, 4) is 0 Å². The summed E-state index contributed by atoms with van der Waals surface area (Å²) < 4.78 is 0. The average molecular weight is 415 g/mol. The minimum absolute atomic E-state index is 0.0962. The van der Waals surface area contributed by atoms with Gasteiger partial charge in [-0.25, -0.2) is 0 Å². The van der Waals surface area contributed by atoms with E-state index in [1.165, 1.54) is 0 Å². The third-order valence-corrected chi connectivity index (χ3v) is 5.32. The molecule has 0 radical (unpaired) electrons. The molecule has 4 nitrogen and oxygen atoms in total. The predicted molar refractivity (Wildman–Crippen MR) is 119 cm³/mol. The van der Waals surface area contributed by atoms with Gasteiger partial charge in [-0.15, -0.1) is 0 Å². The number of nitrogens with zero attached hydrogens (tertiary/aromatic N) is 1. The zero-order valence-electron chi connectivity index (χ0n) is 17.6. The van der Waals surface area contributed by atoms with Gasteiger partial charge in [0, 0.05) is 18.1 Å². The largest absolute Gasteiger partial charge is 0.354 e. The molecule has 2 aromatic carbocycles. The Hall–Kier alpha value is -2.33. The fraction of sp³-hybridized carbons (Fsp3) is 0.417. The highest BCUT2D eigenvalue weighted by atomic mass is 35.5. The smallest absolute Gasteiger partial charge is 0.242 e. The highest BCUT2D eigenvalue weighted by molar-refractivity contribution is 6.31. The molecule has 0 saturated heterocycles. The molecule has 5 heteroatoms. The molecule has 0 bridgehead atoms. The van der Waals surface area contributed by atoms with E-state index in [1.807, 2.05) is 50.2 Å². The van der Waals surface area contributed by atoms with Crippen LogP contribution in [-0.4, -0.2) is 29.3 Å². The fourth-order valence-electron chi connectivity index (χ4n) is 3.34. The molecule has 1 atom stereocenters. The summed E-state index contributed by atoms with van der Waals surface area (Å²) in [6.45, 7) is 7.07. The van der Waals surface area contributed by atoms with E-state index in [2.05, 4.69) is 18.3 Å². The number of hydrogen-bond acceptors (Lipinski definition) is 2. The van der Waals surface area contributed by atoms with E-state index >= 15 is 0 Å². The summed E-state index contributed by atoms with van der Waals surface area (Å²) in [5.41, 5.74) is 2.91. The highest BCUT2D eigenvalue weighted by Gasteiger charge is 2.28. The molecular weight excluding hydrogens is 384 g/mol. The maximum Gasteiger partial charge on any atom is 0.242 e. The van der Waals surface area contributed by atoms with Gasteiger partial charge in [0.1, 0.15) is 6.04 Å². The van der Waals surface area contributed by atoms with Crippen LogP contribution in [0.15, 0.2) is 48.5 Å². The van der Waals surface area contributed by atoms with Gasteiger partial charge in [-0.05, 0) is 37.0 Å². The van der Waals surface area contributed by atoms with E-state index in [0.29, 0.717) is 24.5 Å². The van der Waals surface area contributed by atoms with Crippen LogP contribution in [0.5, 0.6) is 0 Å². The lowest BCUT2D eigenvalue weighted by Crippen LogP contribution is -2.49. The molecule has 0 aliphatic carbocycles. The first-order valence-corrected chi connectivity index (χ1v) is 10.7. The average Bonchev–Trinajstić information content (AvgIpc) is 2.70. The van der Waals surface area contributed by atoms with Crippen molar-refractivity contribution in [3.63, 3.8) is 0 Å². The van der Waals surface area contributed by atoms with E-state index in [9.17, 15) is 9.59 Å². The number of hydrogen-bond donors (Lipinski definition) is 1. The Labute approximate surface area is 179 Å². The fourth-order valence-corrected chi connectivity index (χ4v) is 3.54. The van der Waals surface area contributed by atoms with Crippen molar-refractivity contribution in [2.75, 3.05) is 6.54 Å². The van der Waals surface area contributed by atoms with E-state index in [-0.39, 0.29) is 18.2 Å². The molecule has 1 N–H and O–H groups in total. The molecule has 0 aliphatic heterocycles. The molecule has 0 aliphatic rings. The molecule has 0 fully saturated rings. The van der Waals surface area contributed by atoms with Crippen LogP contribution in [0, 0.1) is 6.92 Å². The van der Waals surface area contributed by atoms with Gasteiger partial charge in [-0.3, -0.25) is 9.59 Å². The lowest BCUT2D eigenvalue weighted by atomic mass is 10.1. The van der Waals surface area contributed by atoms with Crippen molar-refractivity contribution in [3.05, 3.63) is 70.2 Å². The summed E-state index contributed by atoms with van der Waals surface area (Å²) in [7, 11) is 0. The summed E-state index contributed by atoms with van der Waals surface area (Å²) in [4.78, 5) is 27.8. The molecule has 0 aromatic heterocycles. The van der Waals surface area contributed by atoms with E-state index < -0.39 is 6.04 Å². The first kappa shape index (κ1) is 23.0. The van der Waals surface area contributed by atoms with Gasteiger partial charge in [-0.1, -0.05) is 79.9 Å². The van der Waals surface area contributed by atoms with Crippen LogP contribution in [0.25, 0.3) is 0 Å². The molecule has 2 rings (SSSR count). The number of rotatable bonds is 10. The number of halogens is 1. The topological polar surface area (TPSA) is 49.4 Å². The monoisotopic (exact) mass is 414 g/mol. The molecule has 2 amide bonds. The van der Waals surface area contributed by atoms with Crippen LogP contribution in [0.1, 0.15) is 49.8 Å². The number of amides is 2. The Morgan fingerprint density at radius 3 is 2.52 bits per heavy atom. The Balaban J connectivity index is 2.26. The van der Waals surface area contributed by atoms with Gasteiger partial charge < -0.3 is 10.2 Å². The molecule has 1 unspecified atom stereocenters. The Morgan fingerprint density at radius 1 is 1.10 bits per heavy atom. The summed E-state index contributed by atoms with van der Waals surface area (Å²) in [6.07, 6.45) is 2.66. The quantitative estimate of drug-likeness (QED) is 0.561. The second-order valence-electron chi connectivity index (χ2n) is 7.35. The number of nitrogens with one attached hydrogen (secondary N) is 1. The summed E-state index contributed by atoms with van der Waals surface area (Å²) >= 11 is 6.26. The van der Waals surface area contributed by atoms with Crippen molar-refractivity contribution in [2.45, 2.75) is 59.0 Å². The van der Waals surface area contributed by atoms with Gasteiger partial charge in [-0.2, -0.15) is 0 Å². The molecule has 156 valence electrons. The summed E-state index contributed by atoms with van der Waals surface area (Å²) in [5.74, 6) is -0.196. The molecular formula is C24H31ClN2O2. The number of carbonyl (C=O) groups excluding carboxylic acids is 2. The van der Waals surface area contributed by atoms with Crippen molar-refractivity contribution in [1.82, 2.24) is 10.2 Å². The van der Waals surface area contributed by atoms with Crippen LogP contribution in [-0.2, 0) is 22.6 Å². The maximum atomic E-state index is 13.3. The second kappa shape index (κ2) is 11.6. The first-order chi connectivity index (χ1) is 14.0. The minimum Gasteiger partial charge on any atom is -0.354 e. The van der Waals surface area contributed by atoms with Crippen molar-refractivity contribution in [1.29, 1.82) is 0 Å². The van der Waals surface area contributed by atoms with E-state index in [1.54, 1.807) is 11.0 Å². The van der Waals surface area contributed by atoms with Crippen molar-refractivity contribution in [2.24, 2.45) is 0 Å². The van der Waals surface area contributed by atoms with Crippen LogP contribution in [0.4, 0.5) is 0 Å². The predicted octanol–water partition coefficient (Wildman–Crippen LogP) is 4.91. The summed E-state index contributed by atoms with van der Waals surface area (Å²) in [6, 6.07) is 14.9. The van der Waals surface area contributed by atoms with Crippen molar-refractivity contribution >= 4 is 23.4 Å². The Bertz CT molecular complexity index is 822. The number of unbranched alkanes of at least 4 members (excludes halogenated alkanes) is 1. The first-order valence-electron chi connectivity index (χ1n) is 10.3. The number of carbonyl (C=O) groups is 2. The zero-order chi connectivity index (χ0) is 21.2. The lowest BCUT2D eigenvalue weighted by molar-refractivity contribution is -0.140. The van der Waals surface area contributed by atoms with Gasteiger partial charge in [0.05, 0.1) is 6.42 Å². The molecule has 2 aromatic rings. The normalized spacial score (nSPS) is 11.7. The molecule has 29 heavy (non-hydrogen) atoms. The maximum absolute atomic E-state index is 13.3. The SMILES string of the molecule is CCCCNC(=O)C(CC)N(Cc1cccc(C)c1)C(=O)Cc1ccccc1Cl. The minimum atomic E-state index is -0.512. The highest BCUT2D eigenvalue weighted by Crippen LogP contribution is 2.19. The summed E-state index contributed by atoms with van der Waals surface area (Å²) in [5, 5.41) is 3.55. The standard InChI is InChI=1S/C24H31ClN2O2/c1-4-6-14-26-24(29)22(5-2)27(17-19-11-9-10-18(3)15-19)23(28)16-20-12-7-8-13-21(20)25/h7-13,15,22H,4-6,14,16-17H2,1-3H3,(H,26,29). The van der Waals surface area contributed by atoms with Crippen molar-refractivity contribution < 1.29 is 9.59 Å². The van der Waals surface area contributed by atoms with Crippen LogP contribution < -0.4 is 5.32 Å². The molecule has 0 heterocycles. The van der Waals surface area contributed by atoms with Crippen LogP contribution >= 0.6 is 11.6 Å². The Kier molecular flexibility index (Phi) is 9.20. The number of aryl methyl sites for hydroxylation is 1. The number of benzene rings is 2. The third kappa shape index (κ3) is 6.90. The lowest BCUT2D eigenvalue weighted by Gasteiger charge is -2.31. The van der Waals surface area contributed by atoms with E-state index in [4.69, 9.17) is 11.6 Å². The van der Waals surface area contributed by atoms with Gasteiger partial charge in [0.25, 0.3) is 0 Å². The van der Waals surface area contributed by atoms with E-state index in [0.717, 1.165) is 29.5 Å². The van der Waals surface area contributed by atoms with Gasteiger partial charge in [0.15, 0.2) is 0 Å². The van der Waals surface area contributed by atoms with Crippen LogP contribution in [0.2, 0.25) is 5.02 Å². The van der Waals surface area contributed by atoms with Gasteiger partial charge >= 0.3 is 0 Å². The zero-order valence-corrected chi connectivity index (χ0v) is 18.3. The second-order valence-corrected chi connectivity index (χ2v) is 7.75. The van der Waals surface area contributed by atoms with Crippen LogP contribution in [0.3, 0.4) is 0 Å².